The molecular formula is C102H66B2N2O2. The zero-order valence-corrected chi connectivity index (χ0v) is 59.5. The summed E-state index contributed by atoms with van der Waals surface area (Å²) >= 11 is 0. The number of nitrogens with zero attached hydrogens (tertiary/aromatic N) is 2. The lowest BCUT2D eigenvalue weighted by Crippen LogP contribution is -2.60. The number of methoxy groups -OCH3 is 2. The number of fused-ring (bicyclic) bond motifs is 8. The van der Waals surface area contributed by atoms with E-state index in [1.54, 1.807) is 0 Å². The minimum absolute atomic E-state index is 0.212. The maximum Gasteiger partial charge on any atom is 0.248 e. The predicted octanol–water partition coefficient (Wildman–Crippen LogP) is 22.5. The molecule has 0 radical (unpaired) electrons. The summed E-state index contributed by atoms with van der Waals surface area (Å²) in [6, 6.07) is 137. The maximum atomic E-state index is 6.64. The van der Waals surface area contributed by atoms with Gasteiger partial charge in [0.2, 0.25) is 13.4 Å². The van der Waals surface area contributed by atoms with Gasteiger partial charge >= 0.3 is 0 Å². The Morgan fingerprint density at radius 1 is 0.213 bits per heavy atom. The zero-order chi connectivity index (χ0) is 71.2. The second-order valence-corrected chi connectivity index (χ2v) is 29.1. The van der Waals surface area contributed by atoms with Crippen molar-refractivity contribution >= 4 is 113 Å². The van der Waals surface area contributed by atoms with E-state index in [0.29, 0.717) is 0 Å². The van der Waals surface area contributed by atoms with Gasteiger partial charge < -0.3 is 19.3 Å². The summed E-state index contributed by atoms with van der Waals surface area (Å²) in [6.45, 7) is -0.424. The molecule has 4 nitrogen and oxygen atoms in total. The SMILES string of the molecule is COc1cc2c3c(c1)N(c1ccccc1)c1ccccc1B3c1cc3c(-c4c(-c5ccccc5)cc(-c5ccccc5)cc4-c4ccccc4)cc4c5c(cc6c(-c7c(-c8ccccc8)cc(-c8ccccc8)cc7-c7ccccc7)cc-2c1c6c35)B1c2ccccc2N(c2ccccc2)c2cc(OC)cc-4c21. The summed E-state index contributed by atoms with van der Waals surface area (Å²) in [5.41, 5.74) is 37.3. The summed E-state index contributed by atoms with van der Waals surface area (Å²) in [5, 5.41) is 7.38. The topological polar surface area (TPSA) is 24.9 Å². The van der Waals surface area contributed by atoms with E-state index in [1.807, 2.05) is 14.2 Å². The van der Waals surface area contributed by atoms with Gasteiger partial charge in [-0.1, -0.05) is 278 Å². The molecule has 0 fully saturated rings. The summed E-state index contributed by atoms with van der Waals surface area (Å²) in [4.78, 5) is 4.98. The van der Waals surface area contributed by atoms with Gasteiger partial charge in [-0.3, -0.25) is 0 Å². The van der Waals surface area contributed by atoms with Gasteiger partial charge in [-0.05, 0) is 250 Å². The highest BCUT2D eigenvalue weighted by molar-refractivity contribution is 7.02. The van der Waals surface area contributed by atoms with E-state index in [1.165, 1.54) is 87.3 Å². The van der Waals surface area contributed by atoms with E-state index >= 15 is 0 Å². The first-order valence-electron chi connectivity index (χ1n) is 37.4. The Kier molecular flexibility index (Phi) is 14.0. The molecule has 0 atom stereocenters. The Morgan fingerprint density at radius 3 is 0.833 bits per heavy atom. The van der Waals surface area contributed by atoms with Crippen molar-refractivity contribution in [2.45, 2.75) is 0 Å². The Hall–Kier alpha value is -13.7. The minimum atomic E-state index is -0.212. The molecule has 0 saturated heterocycles. The normalized spacial score (nSPS) is 12.6. The van der Waals surface area contributed by atoms with Gasteiger partial charge in [0.25, 0.3) is 0 Å². The largest absolute Gasteiger partial charge is 0.497 e. The number of hydrogen-bond donors (Lipinski definition) is 0. The van der Waals surface area contributed by atoms with Crippen LogP contribution in [0.25, 0.3) is 144 Å². The molecule has 4 aliphatic rings. The molecule has 0 bridgehead atoms. The molecule has 502 valence electrons. The van der Waals surface area contributed by atoms with Crippen LogP contribution in [0.1, 0.15) is 0 Å². The second-order valence-electron chi connectivity index (χ2n) is 29.1. The van der Waals surface area contributed by atoms with Crippen molar-refractivity contribution in [3.63, 3.8) is 0 Å². The number of anilines is 6. The van der Waals surface area contributed by atoms with Crippen molar-refractivity contribution in [2.24, 2.45) is 0 Å². The number of para-hydroxylation sites is 4. The van der Waals surface area contributed by atoms with Crippen LogP contribution in [-0.2, 0) is 0 Å². The first kappa shape index (κ1) is 61.8. The molecule has 0 aliphatic carbocycles. The molecule has 18 aromatic carbocycles. The molecule has 0 aromatic heterocycles. The highest BCUT2D eigenvalue weighted by atomic mass is 16.5. The van der Waals surface area contributed by atoms with E-state index in [4.69, 9.17) is 9.47 Å². The second kappa shape index (κ2) is 24.5. The van der Waals surface area contributed by atoms with Crippen molar-refractivity contribution < 1.29 is 9.47 Å². The summed E-state index contributed by atoms with van der Waals surface area (Å²) in [6.07, 6.45) is 0. The lowest BCUT2D eigenvalue weighted by molar-refractivity contribution is 0.415. The van der Waals surface area contributed by atoms with Crippen LogP contribution in [0.4, 0.5) is 34.1 Å². The van der Waals surface area contributed by atoms with Crippen LogP contribution in [0.2, 0.25) is 0 Å². The van der Waals surface area contributed by atoms with E-state index in [0.717, 1.165) is 135 Å². The van der Waals surface area contributed by atoms with E-state index in [-0.39, 0.29) is 13.4 Å². The van der Waals surface area contributed by atoms with Gasteiger partial charge in [0.15, 0.2) is 0 Å². The first-order valence-corrected chi connectivity index (χ1v) is 37.4. The van der Waals surface area contributed by atoms with Crippen LogP contribution in [0.5, 0.6) is 11.5 Å². The van der Waals surface area contributed by atoms with Gasteiger partial charge in [0.1, 0.15) is 11.5 Å². The Labute approximate surface area is 628 Å². The van der Waals surface area contributed by atoms with Crippen LogP contribution in [0.15, 0.2) is 364 Å². The summed E-state index contributed by atoms with van der Waals surface area (Å²) in [5.74, 6) is 1.59. The van der Waals surface area contributed by atoms with Gasteiger partial charge in [-0.2, -0.15) is 0 Å². The number of ether oxygens (including phenoxy) is 2. The van der Waals surface area contributed by atoms with Gasteiger partial charge in [0, 0.05) is 46.3 Å². The molecule has 18 aromatic rings. The maximum absolute atomic E-state index is 6.64. The Bertz CT molecular complexity index is 6150. The first-order chi connectivity index (χ1) is 53.5. The third-order valence-electron chi connectivity index (χ3n) is 23.5. The molecule has 108 heavy (non-hydrogen) atoms. The zero-order valence-electron chi connectivity index (χ0n) is 59.5. The van der Waals surface area contributed by atoms with Crippen molar-refractivity contribution in [1.29, 1.82) is 0 Å². The predicted molar refractivity (Wildman–Crippen MR) is 456 cm³/mol. The van der Waals surface area contributed by atoms with Crippen molar-refractivity contribution in [3.8, 4) is 123 Å². The van der Waals surface area contributed by atoms with Crippen LogP contribution < -0.4 is 52.1 Å². The fraction of sp³-hybridized carbons (Fsp3) is 0.0196. The standard InChI is InChI=1S/C102H66B2N2O2/c1-107-73-55-85-81-59-79(95-75(65-35-15-5-16-36-65)51-69(63-31-11-3-12-32-63)52-76(95)66-37-17-6-18-38-66)83-62-90-98-82(86-56-74(108-2)58-94-102(86)104(90)88-48-28-30-50-92(88)106(94)72-45-25-10-26-46-72)60-80(96-77(67-39-19-7-20-40-67)53-70(64-33-13-4-14-34-64)54-78(96)68-41-21-8-22-42-68)84-61-89(97(81)99(83)100(84)98)103-87-47-27-29-49-91(87)105(93(57-73)101(85)103)71-43-23-9-24-44-71/h3-62H,1-2H3. The van der Waals surface area contributed by atoms with Crippen LogP contribution >= 0.6 is 0 Å². The molecule has 4 aliphatic heterocycles. The third kappa shape index (κ3) is 9.26. The highest BCUT2D eigenvalue weighted by Gasteiger charge is 2.47. The van der Waals surface area contributed by atoms with Crippen LogP contribution in [-0.4, -0.2) is 27.6 Å². The fourth-order valence-corrected chi connectivity index (χ4v) is 19.1. The summed E-state index contributed by atoms with van der Waals surface area (Å²) in [7, 11) is 3.66. The van der Waals surface area contributed by atoms with Crippen molar-refractivity contribution in [1.82, 2.24) is 0 Å². The number of benzene rings is 18. The Balaban J connectivity index is 1.00. The average molecular weight is 1370 g/mol. The fourth-order valence-electron chi connectivity index (χ4n) is 19.1. The van der Waals surface area contributed by atoms with E-state index in [2.05, 4.69) is 374 Å². The Morgan fingerprint density at radius 2 is 0.509 bits per heavy atom. The van der Waals surface area contributed by atoms with Gasteiger partial charge in [0.05, 0.1) is 14.2 Å². The summed E-state index contributed by atoms with van der Waals surface area (Å²) < 4.78 is 13.3. The van der Waals surface area contributed by atoms with Crippen molar-refractivity contribution in [3.05, 3.63) is 364 Å². The van der Waals surface area contributed by atoms with Crippen LogP contribution in [0, 0.1) is 0 Å². The molecule has 6 heteroatoms. The average Bonchev–Trinajstić information content (AvgIpc) is 0.662. The van der Waals surface area contributed by atoms with Gasteiger partial charge in [-0.25, -0.2) is 0 Å². The van der Waals surface area contributed by atoms with Gasteiger partial charge in [-0.15, -0.1) is 0 Å². The number of hydrogen-bond acceptors (Lipinski definition) is 4. The molecule has 4 heterocycles. The number of rotatable bonds is 12. The quantitative estimate of drug-likeness (QED) is 0.0899. The third-order valence-corrected chi connectivity index (χ3v) is 23.5. The van der Waals surface area contributed by atoms with Crippen LogP contribution in [0.3, 0.4) is 0 Å². The molecule has 0 unspecified atom stereocenters. The van der Waals surface area contributed by atoms with E-state index < -0.39 is 0 Å². The molecule has 0 saturated carbocycles. The molecule has 0 N–H and O–H groups in total. The molecular weight excluding hydrogens is 1310 g/mol. The van der Waals surface area contributed by atoms with E-state index in [9.17, 15) is 0 Å². The minimum Gasteiger partial charge on any atom is -0.497 e. The molecule has 0 amide bonds. The van der Waals surface area contributed by atoms with Crippen molar-refractivity contribution in [2.75, 3.05) is 24.0 Å². The lowest BCUT2D eigenvalue weighted by atomic mass is 9.31. The molecule has 0 spiro atoms. The lowest BCUT2D eigenvalue weighted by Gasteiger charge is -2.42. The monoisotopic (exact) mass is 1370 g/mol. The smallest absolute Gasteiger partial charge is 0.248 e. The highest BCUT2D eigenvalue weighted by Crippen LogP contribution is 2.57. The molecule has 22 rings (SSSR count).